The Labute approximate surface area is 155 Å². The van der Waals surface area contributed by atoms with Crippen molar-refractivity contribution in [2.24, 2.45) is 0 Å². The predicted molar refractivity (Wildman–Crippen MR) is 106 cm³/mol. The van der Waals surface area contributed by atoms with Gasteiger partial charge in [0.2, 0.25) is 5.91 Å². The van der Waals surface area contributed by atoms with Crippen LogP contribution in [0.3, 0.4) is 0 Å². The van der Waals surface area contributed by atoms with Gasteiger partial charge in [0.25, 0.3) is 0 Å². The topological polar surface area (TPSA) is 50.8 Å². The molecule has 0 unspecified atom stereocenters. The van der Waals surface area contributed by atoms with Crippen LogP contribution in [-0.4, -0.2) is 33.2 Å². The Balaban J connectivity index is 1.93. The average Bonchev–Trinajstić information content (AvgIpc) is 2.68. The number of rotatable bonds is 9. The highest BCUT2D eigenvalue weighted by atomic mass is 16.5. The number of aryl methyl sites for hydroxylation is 1. The van der Waals surface area contributed by atoms with Crippen LogP contribution in [0.5, 0.6) is 11.5 Å². The zero-order chi connectivity index (χ0) is 18.9. The van der Waals surface area contributed by atoms with Crippen molar-refractivity contribution in [2.45, 2.75) is 26.7 Å². The zero-order valence-corrected chi connectivity index (χ0v) is 16.0. The minimum absolute atomic E-state index is 0.0117. The van der Waals surface area contributed by atoms with Gasteiger partial charge in [0.1, 0.15) is 11.5 Å². The van der Waals surface area contributed by atoms with Gasteiger partial charge in [-0.15, -0.1) is 0 Å². The lowest BCUT2D eigenvalue weighted by Gasteiger charge is -2.21. The van der Waals surface area contributed by atoms with Crippen LogP contribution >= 0.6 is 0 Å². The highest BCUT2D eigenvalue weighted by Gasteiger charge is 2.07. The minimum Gasteiger partial charge on any atom is -0.497 e. The van der Waals surface area contributed by atoms with Gasteiger partial charge in [-0.05, 0) is 62.2 Å². The SMILES string of the molecule is CCN(CC)c1ccc(NC(=O)CCc2cc(OC)cc(OC)c2)cc1. The Bertz CT molecular complexity index is 687. The van der Waals surface area contributed by atoms with Crippen molar-refractivity contribution in [3.8, 4) is 11.5 Å². The summed E-state index contributed by atoms with van der Waals surface area (Å²) in [6.07, 6.45) is 1.02. The minimum atomic E-state index is -0.0117. The highest BCUT2D eigenvalue weighted by Crippen LogP contribution is 2.23. The molecule has 0 saturated heterocycles. The van der Waals surface area contributed by atoms with Gasteiger partial charge in [-0.2, -0.15) is 0 Å². The molecule has 0 aliphatic carbocycles. The number of methoxy groups -OCH3 is 2. The predicted octanol–water partition coefficient (Wildman–Crippen LogP) is 4.12. The second kappa shape index (κ2) is 9.70. The Kier molecular flexibility index (Phi) is 7.33. The standard InChI is InChI=1S/C21H28N2O3/c1-5-23(6-2)18-10-8-17(9-11-18)22-21(24)12-7-16-13-19(25-3)15-20(14-16)26-4/h8-11,13-15H,5-7,12H2,1-4H3,(H,22,24). The molecule has 5 heteroatoms. The Hall–Kier alpha value is -2.69. The van der Waals surface area contributed by atoms with Gasteiger partial charge in [-0.3, -0.25) is 4.79 Å². The van der Waals surface area contributed by atoms with Gasteiger partial charge in [-0.1, -0.05) is 0 Å². The Morgan fingerprint density at radius 2 is 1.54 bits per heavy atom. The number of amides is 1. The average molecular weight is 356 g/mol. The van der Waals surface area contributed by atoms with E-state index >= 15 is 0 Å². The van der Waals surface area contributed by atoms with Crippen molar-refractivity contribution in [1.29, 1.82) is 0 Å². The summed E-state index contributed by atoms with van der Waals surface area (Å²) < 4.78 is 10.5. The summed E-state index contributed by atoms with van der Waals surface area (Å²) in [4.78, 5) is 14.5. The first kappa shape index (κ1) is 19.6. The molecular weight excluding hydrogens is 328 g/mol. The summed E-state index contributed by atoms with van der Waals surface area (Å²) >= 11 is 0. The zero-order valence-electron chi connectivity index (χ0n) is 16.0. The van der Waals surface area contributed by atoms with E-state index in [1.807, 2.05) is 42.5 Å². The van der Waals surface area contributed by atoms with Crippen LogP contribution in [0.15, 0.2) is 42.5 Å². The first-order chi connectivity index (χ1) is 12.6. The summed E-state index contributed by atoms with van der Waals surface area (Å²) in [6, 6.07) is 13.6. The molecule has 0 atom stereocenters. The molecule has 0 spiro atoms. The lowest BCUT2D eigenvalue weighted by Crippen LogP contribution is -2.21. The molecule has 1 N–H and O–H groups in total. The summed E-state index contributed by atoms with van der Waals surface area (Å²) in [5.41, 5.74) is 2.99. The van der Waals surface area contributed by atoms with Gasteiger partial charge < -0.3 is 19.7 Å². The molecule has 0 fully saturated rings. The molecule has 0 heterocycles. The molecule has 0 bridgehead atoms. The molecule has 2 aromatic carbocycles. The summed E-state index contributed by atoms with van der Waals surface area (Å²) in [6.45, 7) is 6.19. The van der Waals surface area contributed by atoms with Crippen LogP contribution in [-0.2, 0) is 11.2 Å². The van der Waals surface area contributed by atoms with Gasteiger partial charge in [-0.25, -0.2) is 0 Å². The van der Waals surface area contributed by atoms with E-state index in [0.29, 0.717) is 12.8 Å². The molecule has 2 rings (SSSR count). The molecule has 0 aromatic heterocycles. The first-order valence-electron chi connectivity index (χ1n) is 8.96. The molecule has 26 heavy (non-hydrogen) atoms. The molecule has 0 radical (unpaired) electrons. The van der Waals surface area contributed by atoms with Gasteiger partial charge in [0, 0.05) is 37.0 Å². The van der Waals surface area contributed by atoms with Crippen LogP contribution in [0.2, 0.25) is 0 Å². The van der Waals surface area contributed by atoms with E-state index in [-0.39, 0.29) is 5.91 Å². The number of nitrogens with zero attached hydrogens (tertiary/aromatic N) is 1. The first-order valence-corrected chi connectivity index (χ1v) is 8.96. The van der Waals surface area contributed by atoms with E-state index in [0.717, 1.165) is 41.5 Å². The molecule has 140 valence electrons. The number of ether oxygens (including phenoxy) is 2. The van der Waals surface area contributed by atoms with E-state index in [4.69, 9.17) is 9.47 Å². The number of benzene rings is 2. The fraction of sp³-hybridized carbons (Fsp3) is 0.381. The van der Waals surface area contributed by atoms with Crippen molar-refractivity contribution in [1.82, 2.24) is 0 Å². The Morgan fingerprint density at radius 3 is 2.04 bits per heavy atom. The lowest BCUT2D eigenvalue weighted by molar-refractivity contribution is -0.116. The van der Waals surface area contributed by atoms with E-state index < -0.39 is 0 Å². The maximum Gasteiger partial charge on any atom is 0.224 e. The maximum atomic E-state index is 12.2. The molecule has 5 nitrogen and oxygen atoms in total. The molecular formula is C21H28N2O3. The fourth-order valence-electron chi connectivity index (χ4n) is 2.84. The van der Waals surface area contributed by atoms with E-state index in [2.05, 4.69) is 24.1 Å². The molecule has 1 amide bonds. The van der Waals surface area contributed by atoms with Crippen molar-refractivity contribution >= 4 is 17.3 Å². The number of nitrogens with one attached hydrogen (secondary N) is 1. The van der Waals surface area contributed by atoms with Crippen LogP contribution in [0.1, 0.15) is 25.8 Å². The van der Waals surface area contributed by atoms with E-state index in [1.165, 1.54) is 0 Å². The number of carbonyl (C=O) groups excluding carboxylic acids is 1. The van der Waals surface area contributed by atoms with Gasteiger partial charge >= 0.3 is 0 Å². The largest absolute Gasteiger partial charge is 0.497 e. The quantitative estimate of drug-likeness (QED) is 0.734. The molecule has 0 saturated carbocycles. The molecule has 0 aliphatic rings. The smallest absolute Gasteiger partial charge is 0.224 e. The van der Waals surface area contributed by atoms with Crippen molar-refractivity contribution in [2.75, 3.05) is 37.5 Å². The van der Waals surface area contributed by atoms with Crippen molar-refractivity contribution < 1.29 is 14.3 Å². The van der Waals surface area contributed by atoms with E-state index in [1.54, 1.807) is 14.2 Å². The van der Waals surface area contributed by atoms with Crippen LogP contribution in [0.25, 0.3) is 0 Å². The monoisotopic (exact) mass is 356 g/mol. The summed E-state index contributed by atoms with van der Waals surface area (Å²) in [7, 11) is 3.24. The summed E-state index contributed by atoms with van der Waals surface area (Å²) in [5, 5.41) is 2.95. The Morgan fingerprint density at radius 1 is 0.962 bits per heavy atom. The number of hydrogen-bond acceptors (Lipinski definition) is 4. The van der Waals surface area contributed by atoms with Crippen LogP contribution in [0.4, 0.5) is 11.4 Å². The third kappa shape index (κ3) is 5.41. The number of carbonyl (C=O) groups is 1. The second-order valence-corrected chi connectivity index (χ2v) is 5.99. The maximum absolute atomic E-state index is 12.2. The molecule has 2 aromatic rings. The second-order valence-electron chi connectivity index (χ2n) is 5.99. The van der Waals surface area contributed by atoms with Crippen LogP contribution in [0, 0.1) is 0 Å². The van der Waals surface area contributed by atoms with E-state index in [9.17, 15) is 4.79 Å². The van der Waals surface area contributed by atoms with Crippen LogP contribution < -0.4 is 19.7 Å². The van der Waals surface area contributed by atoms with Gasteiger partial charge in [0.15, 0.2) is 0 Å². The third-order valence-corrected chi connectivity index (χ3v) is 4.33. The highest BCUT2D eigenvalue weighted by molar-refractivity contribution is 5.91. The number of anilines is 2. The number of hydrogen-bond donors (Lipinski definition) is 1. The summed E-state index contributed by atoms with van der Waals surface area (Å²) in [5.74, 6) is 1.45. The normalized spacial score (nSPS) is 10.3. The van der Waals surface area contributed by atoms with Crippen molar-refractivity contribution in [3.05, 3.63) is 48.0 Å². The van der Waals surface area contributed by atoms with Crippen molar-refractivity contribution in [3.63, 3.8) is 0 Å². The third-order valence-electron chi connectivity index (χ3n) is 4.33. The van der Waals surface area contributed by atoms with Gasteiger partial charge in [0.05, 0.1) is 14.2 Å². The molecule has 0 aliphatic heterocycles. The fourth-order valence-corrected chi connectivity index (χ4v) is 2.84. The lowest BCUT2D eigenvalue weighted by atomic mass is 10.1.